The number of benzene rings is 2. The second kappa shape index (κ2) is 16.0. The van der Waals surface area contributed by atoms with Crippen LogP contribution in [0.1, 0.15) is 45.7 Å². The third-order valence-electron chi connectivity index (χ3n) is 5.40. The largest absolute Gasteiger partial charge is 0 e. The van der Waals surface area contributed by atoms with Gasteiger partial charge in [0.15, 0.2) is 0 Å². The van der Waals surface area contributed by atoms with Crippen molar-refractivity contribution < 1.29 is 40.5 Å². The fourth-order valence-electron chi connectivity index (χ4n) is 2.98. The minimum Gasteiger partial charge on any atom is 0 e. The second-order valence-corrected chi connectivity index (χ2v) is 12.7. The molecule has 5 nitrogen and oxygen atoms in total. The molecule has 0 spiro atoms. The molecule has 0 amide bonds. The van der Waals surface area contributed by atoms with Crippen LogP contribution in [-0.2, 0) is 44.2 Å². The van der Waals surface area contributed by atoms with Crippen LogP contribution >= 0.6 is 0 Å². The van der Waals surface area contributed by atoms with E-state index < -0.39 is 8.32 Å². The van der Waals surface area contributed by atoms with E-state index in [-0.39, 0.29) is 22.4 Å². The molecule has 0 saturated heterocycles. The maximum absolute atomic E-state index is 7.50. The van der Waals surface area contributed by atoms with Gasteiger partial charge >= 0.3 is 33.9 Å². The minimum absolute atomic E-state index is 0. The van der Waals surface area contributed by atoms with E-state index in [0.717, 1.165) is 29.7 Å². The Balaban J connectivity index is -0.00000103. The summed E-state index contributed by atoms with van der Waals surface area (Å²) >= 11 is 0. The van der Waals surface area contributed by atoms with Crippen molar-refractivity contribution in [1.82, 2.24) is 0 Å². The van der Waals surface area contributed by atoms with E-state index in [0.29, 0.717) is 0 Å². The maximum Gasteiger partial charge on any atom is 0 e. The van der Waals surface area contributed by atoms with E-state index in [1.807, 2.05) is 0 Å². The summed E-state index contributed by atoms with van der Waals surface area (Å²) in [6.45, 7) is 29.4. The van der Waals surface area contributed by atoms with Gasteiger partial charge in [0.2, 0.25) is 0 Å². The van der Waals surface area contributed by atoms with Gasteiger partial charge in [0.25, 0.3) is 8.32 Å². The zero-order valence-corrected chi connectivity index (χ0v) is 21.9. The summed E-state index contributed by atoms with van der Waals surface area (Å²) < 4.78 is 35.1. The quantitative estimate of drug-likeness (QED) is 0.288. The number of hydrogen-bond donors (Lipinski definition) is 0. The molecule has 0 atom stereocenters. The summed E-state index contributed by atoms with van der Waals surface area (Å²) in [5.41, 5.74) is 2.59. The second-order valence-electron chi connectivity index (χ2n) is 7.93. The monoisotopic (exact) mass is 480 g/mol. The van der Waals surface area contributed by atoms with Gasteiger partial charge in [0.05, 0.1) is 7.11 Å². The van der Waals surface area contributed by atoms with E-state index in [1.54, 1.807) is 7.11 Å². The van der Waals surface area contributed by atoms with Crippen molar-refractivity contribution in [2.45, 2.75) is 65.6 Å². The predicted molar refractivity (Wildman–Crippen MR) is 119 cm³/mol. The van der Waals surface area contributed by atoms with Crippen molar-refractivity contribution >= 4 is 19.1 Å². The average molecular weight is 481 g/mol. The molecule has 0 radical (unpaired) electrons. The zero-order valence-electron chi connectivity index (χ0n) is 19.7. The van der Waals surface area contributed by atoms with Crippen LogP contribution in [-0.4, -0.2) is 15.4 Å². The molecule has 2 aromatic rings. The van der Waals surface area contributed by atoms with Gasteiger partial charge in [-0.15, -0.1) is 0 Å². The van der Waals surface area contributed by atoms with Crippen LogP contribution in [0.4, 0.5) is 0 Å². The van der Waals surface area contributed by atoms with Gasteiger partial charge in [-0.3, -0.25) is 0 Å². The Labute approximate surface area is 198 Å². The molecule has 0 aliphatic rings. The Morgan fingerprint density at radius 3 is 1.48 bits per heavy atom. The average Bonchev–Trinajstić information content (AvgIpc) is 2.76. The van der Waals surface area contributed by atoms with Gasteiger partial charge in [-0.2, -0.15) is 0 Å². The SMILES string of the molecule is CCc1c(CC)c(O[Si](C)(C)C(C)(C)C)c2ccccc2c1OC.[C-]#[O+].[C-]#[O+].[C-]#[O+].[Cr]. The van der Waals surface area contributed by atoms with Crippen LogP contribution < -0.4 is 9.16 Å². The Morgan fingerprint density at radius 2 is 1.16 bits per heavy atom. The normalized spacial score (nSPS) is 9.87. The first kappa shape index (κ1) is 33.9. The first-order valence-electron chi connectivity index (χ1n) is 9.58. The van der Waals surface area contributed by atoms with E-state index in [9.17, 15) is 0 Å². The summed E-state index contributed by atoms with van der Waals surface area (Å²) in [6.07, 6.45) is 1.90. The van der Waals surface area contributed by atoms with E-state index >= 15 is 0 Å². The Bertz CT molecular complexity index is 850. The molecule has 31 heavy (non-hydrogen) atoms. The molecule has 0 aliphatic carbocycles. The van der Waals surface area contributed by atoms with Crippen molar-refractivity contribution in [3.8, 4) is 11.5 Å². The van der Waals surface area contributed by atoms with Gasteiger partial charge in [-0.25, -0.2) is 0 Å². The molecular formula is C24H32CrO5Si. The molecule has 0 heterocycles. The van der Waals surface area contributed by atoms with Crippen molar-refractivity contribution in [1.29, 1.82) is 0 Å². The predicted octanol–water partition coefficient (Wildman–Crippen LogP) is 6.24. The smallest absolute Gasteiger partial charge is 0 e. The van der Waals surface area contributed by atoms with Crippen molar-refractivity contribution in [2.75, 3.05) is 7.11 Å². The molecule has 2 rings (SSSR count). The molecular weight excluding hydrogens is 448 g/mol. The van der Waals surface area contributed by atoms with Crippen LogP contribution in [0.3, 0.4) is 0 Å². The first-order valence-corrected chi connectivity index (χ1v) is 12.5. The number of hydrogen-bond acceptors (Lipinski definition) is 2. The van der Waals surface area contributed by atoms with Gasteiger partial charge in [0, 0.05) is 33.7 Å². The molecule has 2 aromatic carbocycles. The van der Waals surface area contributed by atoms with E-state index in [1.165, 1.54) is 16.5 Å². The zero-order chi connectivity index (χ0) is 24.1. The Morgan fingerprint density at radius 1 is 0.806 bits per heavy atom. The summed E-state index contributed by atoms with van der Waals surface area (Å²) in [7, 11) is -0.142. The maximum atomic E-state index is 7.50. The molecule has 0 saturated carbocycles. The molecule has 0 unspecified atom stereocenters. The minimum atomic E-state index is -1.91. The third-order valence-corrected chi connectivity index (χ3v) is 9.73. The summed E-state index contributed by atoms with van der Waals surface area (Å²) in [6, 6.07) is 8.47. The molecule has 0 aliphatic heterocycles. The molecule has 7 heteroatoms. The molecule has 0 fully saturated rings. The number of methoxy groups -OCH3 is 1. The van der Waals surface area contributed by atoms with E-state index in [4.69, 9.17) is 23.1 Å². The third kappa shape index (κ3) is 8.04. The van der Waals surface area contributed by atoms with Crippen molar-refractivity contribution in [3.05, 3.63) is 55.3 Å². The van der Waals surface area contributed by atoms with Crippen LogP contribution in [0.5, 0.6) is 11.5 Å². The standard InChI is InChI=1S/C21H32O2Si.3CO.Cr/c1-9-15-16(10-2)20(23-24(7,8)21(3,4)5)18-14-12-11-13-17(18)19(15)22-6;3*1-2;/h11-14H,9-10H2,1-8H3;;;;. The van der Waals surface area contributed by atoms with E-state index in [2.05, 4.69) is 91.9 Å². The topological polar surface area (TPSA) is 78.2 Å². The van der Waals surface area contributed by atoms with Gasteiger partial charge in [-0.1, -0.05) is 58.9 Å². The fourth-order valence-corrected chi connectivity index (χ4v) is 4.03. The van der Waals surface area contributed by atoms with Gasteiger partial charge in [0.1, 0.15) is 11.5 Å². The van der Waals surface area contributed by atoms with Crippen LogP contribution in [0.25, 0.3) is 10.8 Å². The van der Waals surface area contributed by atoms with Gasteiger partial charge in [-0.05, 0) is 36.5 Å². The van der Waals surface area contributed by atoms with Crippen molar-refractivity contribution in [3.63, 3.8) is 0 Å². The van der Waals surface area contributed by atoms with Crippen LogP contribution in [0.2, 0.25) is 18.1 Å². The summed E-state index contributed by atoms with van der Waals surface area (Å²) in [5.74, 6) is 2.09. The first-order chi connectivity index (χ1) is 14.2. The van der Waals surface area contributed by atoms with Crippen LogP contribution in [0, 0.1) is 20.0 Å². The summed E-state index contributed by atoms with van der Waals surface area (Å²) in [4.78, 5) is 0. The molecule has 0 bridgehead atoms. The van der Waals surface area contributed by atoms with Crippen molar-refractivity contribution in [2.24, 2.45) is 0 Å². The molecule has 0 aromatic heterocycles. The van der Waals surface area contributed by atoms with Gasteiger partial charge < -0.3 is 9.16 Å². The summed E-state index contributed by atoms with van der Waals surface area (Å²) in [5, 5.41) is 2.50. The number of ether oxygens (including phenoxy) is 1. The molecule has 0 N–H and O–H groups in total. The Kier molecular flexibility index (Phi) is 17.5. The fraction of sp³-hybridized carbons (Fsp3) is 0.458. The van der Waals surface area contributed by atoms with Crippen LogP contribution in [0.15, 0.2) is 24.3 Å². The number of fused-ring (bicyclic) bond motifs is 1. The number of rotatable bonds is 5. The Hall–Kier alpha value is -1.73. The molecule has 168 valence electrons.